The van der Waals surface area contributed by atoms with Crippen molar-refractivity contribution in [1.29, 1.82) is 0 Å². The van der Waals surface area contributed by atoms with Crippen LogP contribution in [0, 0.1) is 0 Å². The van der Waals surface area contributed by atoms with Crippen molar-refractivity contribution in [3.8, 4) is 5.75 Å². The van der Waals surface area contributed by atoms with Crippen molar-refractivity contribution < 1.29 is 24.2 Å². The molecule has 0 amide bonds. The third-order valence-corrected chi connectivity index (χ3v) is 12.4. The zero-order chi connectivity index (χ0) is 22.6. The van der Waals surface area contributed by atoms with Crippen molar-refractivity contribution in [2.45, 2.75) is 133 Å². The van der Waals surface area contributed by atoms with E-state index >= 15 is 0 Å². The van der Waals surface area contributed by atoms with Crippen LogP contribution in [0.25, 0.3) is 6.08 Å². The van der Waals surface area contributed by atoms with Crippen molar-refractivity contribution >= 4 is 25.6 Å². The topological polar surface area (TPSA) is 9.23 Å². The van der Waals surface area contributed by atoms with E-state index in [1.807, 2.05) is 44.2 Å². The zero-order valence-electron chi connectivity index (χ0n) is 21.0. The van der Waals surface area contributed by atoms with Crippen molar-refractivity contribution in [3.63, 3.8) is 0 Å². The monoisotopic (exact) mass is 579 g/mol. The molecule has 0 unspecified atom stereocenters. The van der Waals surface area contributed by atoms with E-state index in [0.717, 1.165) is 11.3 Å². The number of para-hydroxylation sites is 1. The molecule has 0 spiro atoms. The zero-order valence-corrected chi connectivity index (χ0v) is 24.5. The number of ether oxygens (including phenoxy) is 1. The molecule has 3 fully saturated rings. The fraction of sp³-hybridized carbons (Fsp3) is 0.724. The van der Waals surface area contributed by atoms with Crippen molar-refractivity contribution in [3.05, 3.63) is 35.4 Å². The van der Waals surface area contributed by atoms with E-state index in [2.05, 4.69) is 0 Å². The van der Waals surface area contributed by atoms with Crippen LogP contribution in [0.4, 0.5) is 0 Å². The van der Waals surface area contributed by atoms with Crippen LogP contribution in [0.5, 0.6) is 5.75 Å². The molecule has 33 heavy (non-hydrogen) atoms. The first-order valence-electron chi connectivity index (χ1n) is 13.6. The number of halogens is 1. The van der Waals surface area contributed by atoms with Gasteiger partial charge in [-0.15, -0.1) is 0 Å². The molecule has 0 aliphatic heterocycles. The molecular weight excluding hydrogens is 532 g/mol. The summed E-state index contributed by atoms with van der Waals surface area (Å²) in [7, 11) is -0.0465. The molecule has 0 atom stereocenters. The summed E-state index contributed by atoms with van der Waals surface area (Å²) < 4.78 is 5.59. The standard InChI is InChI=1S/C18H33P.C11H13ClO.Ru/c1-4-10-16(11-5-1)19(17-12-6-2-7-13-17)18-14-8-3-9-15-18;1-9(2)13-11-6-4-3-5-10(11)7-8-12;/h16-18H,1-15H2;3-9H,1-2H3;/p+1/b;8-7+;. The molecule has 188 valence electrons. The van der Waals surface area contributed by atoms with Gasteiger partial charge in [0.15, 0.2) is 0 Å². The first-order chi connectivity index (χ1) is 15.7. The average Bonchev–Trinajstić information content (AvgIpc) is 2.83. The summed E-state index contributed by atoms with van der Waals surface area (Å²) >= 11 is 5.51. The number of rotatable bonds is 6. The molecule has 1 nitrogen and oxygen atoms in total. The van der Waals surface area contributed by atoms with Gasteiger partial charge in [-0.25, -0.2) is 0 Å². The van der Waals surface area contributed by atoms with Crippen LogP contribution in [0.2, 0.25) is 0 Å². The molecule has 3 saturated carbocycles. The molecule has 4 heteroatoms. The van der Waals surface area contributed by atoms with E-state index in [0.29, 0.717) is 0 Å². The smallest absolute Gasteiger partial charge is 0.126 e. The predicted molar refractivity (Wildman–Crippen MR) is 146 cm³/mol. The molecule has 1 aromatic rings. The van der Waals surface area contributed by atoms with Crippen LogP contribution in [0.1, 0.15) is 116 Å². The maximum Gasteiger partial charge on any atom is 0.126 e. The Hall–Kier alpha value is 0.103. The molecule has 0 radical (unpaired) electrons. The van der Waals surface area contributed by atoms with Gasteiger partial charge in [-0.1, -0.05) is 49.1 Å². The summed E-state index contributed by atoms with van der Waals surface area (Å²) in [5.74, 6) is 0.870. The Morgan fingerprint density at radius 2 is 1.18 bits per heavy atom. The molecule has 1 aromatic carbocycles. The maximum absolute atomic E-state index is 5.59. The van der Waals surface area contributed by atoms with Gasteiger partial charge < -0.3 is 4.74 Å². The largest absolute Gasteiger partial charge is 0.490 e. The first-order valence-corrected chi connectivity index (χ1v) is 15.7. The SMILES string of the molecule is C1CCC([PH+](C2CCCCC2)C2CCCCC2)CC1.CC(C)Oc1ccccc1/C=C/Cl.[Ru]. The normalized spacial score (nSPS) is 21.0. The Morgan fingerprint density at radius 1 is 0.758 bits per heavy atom. The fourth-order valence-corrected chi connectivity index (χ4v) is 11.7. The van der Waals surface area contributed by atoms with Crippen LogP contribution in [0.15, 0.2) is 29.8 Å². The summed E-state index contributed by atoms with van der Waals surface area (Å²) in [6, 6.07) is 7.81. The maximum atomic E-state index is 5.59. The summed E-state index contributed by atoms with van der Waals surface area (Å²) in [6.45, 7) is 4.00. The van der Waals surface area contributed by atoms with Crippen molar-refractivity contribution in [2.75, 3.05) is 0 Å². The molecule has 3 aliphatic carbocycles. The average molecular weight is 579 g/mol. The third-order valence-electron chi connectivity index (χ3n) is 7.75. The molecule has 0 N–H and O–H groups in total. The van der Waals surface area contributed by atoms with Gasteiger partial charge in [-0.05, 0) is 103 Å². The van der Waals surface area contributed by atoms with Crippen LogP contribution >= 0.6 is 19.5 Å². The fourth-order valence-electron chi connectivity index (χ4n) is 6.36. The van der Waals surface area contributed by atoms with Crippen LogP contribution < -0.4 is 4.74 Å². The molecule has 0 heterocycles. The van der Waals surface area contributed by atoms with Gasteiger partial charge in [-0.2, -0.15) is 0 Å². The second-order valence-corrected chi connectivity index (χ2v) is 14.2. The molecule has 4 rings (SSSR count). The van der Waals surface area contributed by atoms with E-state index in [4.69, 9.17) is 16.3 Å². The number of hydrogen-bond acceptors (Lipinski definition) is 1. The first kappa shape index (κ1) is 29.3. The minimum Gasteiger partial charge on any atom is -0.490 e. The molecule has 0 aromatic heterocycles. The second kappa shape index (κ2) is 16.7. The Balaban J connectivity index is 0.000000244. The van der Waals surface area contributed by atoms with Crippen LogP contribution in [-0.4, -0.2) is 23.1 Å². The summed E-state index contributed by atoms with van der Waals surface area (Å²) in [5.41, 5.74) is 6.17. The van der Waals surface area contributed by atoms with E-state index in [9.17, 15) is 0 Å². The molecular formula is C29H47ClOPRu+. The van der Waals surface area contributed by atoms with Crippen molar-refractivity contribution in [1.82, 2.24) is 0 Å². The minimum absolute atomic E-state index is 0. The van der Waals surface area contributed by atoms with E-state index in [-0.39, 0.29) is 33.5 Å². The van der Waals surface area contributed by atoms with Gasteiger partial charge in [0.05, 0.1) is 23.1 Å². The van der Waals surface area contributed by atoms with Crippen molar-refractivity contribution in [2.24, 2.45) is 0 Å². The Bertz CT molecular complexity index is 619. The molecule has 3 aliphatic rings. The van der Waals surface area contributed by atoms with E-state index < -0.39 is 0 Å². The summed E-state index contributed by atoms with van der Waals surface area (Å²) in [5, 5.41) is 0. The Labute approximate surface area is 223 Å². The van der Waals surface area contributed by atoms with Gasteiger partial charge in [-0.3, -0.25) is 0 Å². The van der Waals surface area contributed by atoms with Crippen LogP contribution in [-0.2, 0) is 19.5 Å². The van der Waals surface area contributed by atoms with E-state index in [1.165, 1.54) is 22.5 Å². The minimum atomic E-state index is -0.0465. The predicted octanol–water partition coefficient (Wildman–Crippen LogP) is 9.88. The quantitative estimate of drug-likeness (QED) is 0.241. The van der Waals surface area contributed by atoms with Gasteiger partial charge in [0.2, 0.25) is 0 Å². The molecule has 0 saturated heterocycles. The van der Waals surface area contributed by atoms with Gasteiger partial charge >= 0.3 is 0 Å². The summed E-state index contributed by atoms with van der Waals surface area (Å²) in [6.07, 6.45) is 25.8. The summed E-state index contributed by atoms with van der Waals surface area (Å²) in [4.78, 5) is 0. The van der Waals surface area contributed by atoms with Gasteiger partial charge in [0.25, 0.3) is 0 Å². The Kier molecular flexibility index (Phi) is 14.9. The van der Waals surface area contributed by atoms with E-state index in [1.54, 1.807) is 96.3 Å². The molecule has 0 bridgehead atoms. The van der Waals surface area contributed by atoms with Crippen LogP contribution in [0.3, 0.4) is 0 Å². The Morgan fingerprint density at radius 3 is 1.58 bits per heavy atom. The number of hydrogen-bond donors (Lipinski definition) is 0. The van der Waals surface area contributed by atoms with Gasteiger partial charge in [0, 0.05) is 38.5 Å². The third kappa shape index (κ3) is 9.94. The number of benzene rings is 1. The second-order valence-electron chi connectivity index (χ2n) is 10.5. The van der Waals surface area contributed by atoms with Gasteiger partial charge in [0.1, 0.15) is 5.75 Å².